The minimum atomic E-state index is -0.442. The van der Waals surface area contributed by atoms with Gasteiger partial charge in [0.05, 0.1) is 28.0 Å². The van der Waals surface area contributed by atoms with Gasteiger partial charge in [-0.05, 0) is 54.6 Å². The van der Waals surface area contributed by atoms with Gasteiger partial charge in [0.1, 0.15) is 12.3 Å². The van der Waals surface area contributed by atoms with Gasteiger partial charge in [-0.1, -0.05) is 46.3 Å². The fourth-order valence-electron chi connectivity index (χ4n) is 3.44. The number of carbonyl (C=O) groups excluding carboxylic acids is 1. The molecule has 0 fully saturated rings. The number of esters is 1. The van der Waals surface area contributed by atoms with Crippen molar-refractivity contribution < 1.29 is 9.53 Å². The zero-order valence-corrected chi connectivity index (χ0v) is 18.8. The number of rotatable bonds is 5. The third-order valence-corrected chi connectivity index (χ3v) is 5.59. The number of H-pyrrole nitrogens is 1. The lowest BCUT2D eigenvalue weighted by Gasteiger charge is -2.08. The molecule has 33 heavy (non-hydrogen) atoms. The molecule has 2 aromatic heterocycles. The molecule has 5 aromatic rings. The highest BCUT2D eigenvalue weighted by atomic mass is 79.9. The van der Waals surface area contributed by atoms with Crippen LogP contribution >= 0.6 is 15.9 Å². The number of carbonyl (C=O) groups is 1. The molecule has 0 aliphatic carbocycles. The molecule has 8 heteroatoms. The van der Waals surface area contributed by atoms with Crippen molar-refractivity contribution in [2.75, 3.05) is 0 Å². The first kappa shape index (κ1) is 20.8. The van der Waals surface area contributed by atoms with Gasteiger partial charge in [-0.3, -0.25) is 4.79 Å². The summed E-state index contributed by atoms with van der Waals surface area (Å²) in [5.41, 5.74) is 3.36. The molecule has 162 valence electrons. The van der Waals surface area contributed by atoms with Crippen LogP contribution in [0.2, 0.25) is 0 Å². The number of hydrogen-bond acceptors (Lipinski definition) is 5. The molecule has 0 radical (unpaired) electrons. The Labute approximate surface area is 196 Å². The zero-order valence-electron chi connectivity index (χ0n) is 17.2. The fraction of sp³-hybridized carbons (Fsp3) is 0.0400. The number of nitrogens with zero attached hydrogens (tertiary/aromatic N) is 3. The number of hydrogen-bond donors (Lipinski definition) is 1. The topological polar surface area (TPSA) is 89.9 Å². The number of para-hydroxylation sites is 2. The third-order valence-electron chi connectivity index (χ3n) is 5.06. The first-order valence-electron chi connectivity index (χ1n) is 10.1. The summed E-state index contributed by atoms with van der Waals surface area (Å²) in [4.78, 5) is 32.6. The molecule has 0 bridgehead atoms. The van der Waals surface area contributed by atoms with E-state index in [-0.39, 0.29) is 17.9 Å². The summed E-state index contributed by atoms with van der Waals surface area (Å²) in [6, 6.07) is 25.3. The number of aromatic nitrogens is 4. The Morgan fingerprint density at radius 2 is 1.70 bits per heavy atom. The third kappa shape index (κ3) is 4.33. The highest BCUT2D eigenvalue weighted by molar-refractivity contribution is 9.10. The van der Waals surface area contributed by atoms with Gasteiger partial charge in [0.25, 0.3) is 5.56 Å². The molecule has 0 saturated heterocycles. The SMILES string of the molecule is O=C(OCc1cc(-c2nc3ccccc3[nH]c2=O)nn1-c1ccc(Br)cc1)c1ccccc1. The molecule has 0 aliphatic heterocycles. The van der Waals surface area contributed by atoms with Crippen LogP contribution in [0.5, 0.6) is 0 Å². The molecule has 3 aromatic carbocycles. The van der Waals surface area contributed by atoms with Crippen LogP contribution in [0.4, 0.5) is 0 Å². The summed E-state index contributed by atoms with van der Waals surface area (Å²) in [5.74, 6) is -0.442. The molecular weight excluding hydrogens is 484 g/mol. The lowest BCUT2D eigenvalue weighted by molar-refractivity contribution is 0.0465. The quantitative estimate of drug-likeness (QED) is 0.346. The molecule has 5 rings (SSSR count). The van der Waals surface area contributed by atoms with E-state index in [1.807, 2.05) is 48.5 Å². The number of halogens is 1. The highest BCUT2D eigenvalue weighted by Crippen LogP contribution is 2.22. The average molecular weight is 501 g/mol. The summed E-state index contributed by atoms with van der Waals surface area (Å²) in [6.07, 6.45) is 0. The Morgan fingerprint density at radius 3 is 2.48 bits per heavy atom. The van der Waals surface area contributed by atoms with Gasteiger partial charge in [0.15, 0.2) is 5.69 Å². The van der Waals surface area contributed by atoms with E-state index >= 15 is 0 Å². The first-order valence-corrected chi connectivity index (χ1v) is 10.9. The zero-order chi connectivity index (χ0) is 22.8. The number of fused-ring (bicyclic) bond motifs is 1. The molecule has 2 heterocycles. The molecule has 0 unspecified atom stereocenters. The first-order chi connectivity index (χ1) is 16.1. The Morgan fingerprint density at radius 1 is 0.970 bits per heavy atom. The second-order valence-electron chi connectivity index (χ2n) is 7.28. The summed E-state index contributed by atoms with van der Waals surface area (Å²) in [5, 5.41) is 4.63. The maximum atomic E-state index is 12.7. The van der Waals surface area contributed by atoms with Crippen molar-refractivity contribution in [3.05, 3.63) is 111 Å². The largest absolute Gasteiger partial charge is 0.456 e. The molecule has 0 saturated carbocycles. The van der Waals surface area contributed by atoms with E-state index in [4.69, 9.17) is 4.74 Å². The number of nitrogens with one attached hydrogen (secondary N) is 1. The lowest BCUT2D eigenvalue weighted by Crippen LogP contribution is -2.12. The Balaban J connectivity index is 1.55. The molecule has 0 aliphatic rings. The summed E-state index contributed by atoms with van der Waals surface area (Å²) in [6.45, 7) is -0.0255. The van der Waals surface area contributed by atoms with Crippen LogP contribution in [0.1, 0.15) is 16.1 Å². The van der Waals surface area contributed by atoms with E-state index in [2.05, 4.69) is 31.0 Å². The van der Waals surface area contributed by atoms with Crippen molar-refractivity contribution >= 4 is 32.9 Å². The molecule has 1 N–H and O–H groups in total. The smallest absolute Gasteiger partial charge is 0.338 e. The van der Waals surface area contributed by atoms with Gasteiger partial charge in [-0.15, -0.1) is 0 Å². The molecular formula is C25H17BrN4O3. The van der Waals surface area contributed by atoms with Crippen molar-refractivity contribution in [3.8, 4) is 17.1 Å². The number of ether oxygens (including phenoxy) is 1. The lowest BCUT2D eigenvalue weighted by atomic mass is 10.2. The average Bonchev–Trinajstić information content (AvgIpc) is 3.27. The van der Waals surface area contributed by atoms with Crippen LogP contribution in [-0.2, 0) is 11.3 Å². The molecule has 0 amide bonds. The standard InChI is InChI=1S/C25H17BrN4O3/c26-17-10-12-18(13-11-17)30-19(15-33-25(32)16-6-2-1-3-7-16)14-22(29-30)23-24(31)28-21-9-5-4-8-20(21)27-23/h1-14H,15H2,(H,28,31). The minimum absolute atomic E-state index is 0.0255. The van der Waals surface area contributed by atoms with E-state index in [0.717, 1.165) is 10.2 Å². The van der Waals surface area contributed by atoms with Crippen LogP contribution in [0.25, 0.3) is 28.1 Å². The maximum absolute atomic E-state index is 12.7. The van der Waals surface area contributed by atoms with E-state index in [0.29, 0.717) is 28.0 Å². The van der Waals surface area contributed by atoms with Crippen LogP contribution in [-0.4, -0.2) is 25.7 Å². The molecule has 7 nitrogen and oxygen atoms in total. The van der Waals surface area contributed by atoms with E-state index in [9.17, 15) is 9.59 Å². The number of aromatic amines is 1. The number of benzene rings is 3. The maximum Gasteiger partial charge on any atom is 0.338 e. The molecule has 0 atom stereocenters. The monoisotopic (exact) mass is 500 g/mol. The van der Waals surface area contributed by atoms with Gasteiger partial charge in [-0.25, -0.2) is 14.5 Å². The normalized spacial score (nSPS) is 10.9. The van der Waals surface area contributed by atoms with Crippen LogP contribution in [0.3, 0.4) is 0 Å². The highest BCUT2D eigenvalue weighted by Gasteiger charge is 2.17. The Bertz CT molecular complexity index is 1510. The summed E-state index contributed by atoms with van der Waals surface area (Å²) < 4.78 is 8.10. The summed E-state index contributed by atoms with van der Waals surface area (Å²) in [7, 11) is 0. The van der Waals surface area contributed by atoms with Crippen molar-refractivity contribution in [1.82, 2.24) is 19.7 Å². The Hall–Kier alpha value is -4.04. The van der Waals surface area contributed by atoms with E-state index < -0.39 is 5.97 Å². The minimum Gasteiger partial charge on any atom is -0.456 e. The summed E-state index contributed by atoms with van der Waals surface area (Å²) >= 11 is 3.43. The predicted octanol–water partition coefficient (Wildman–Crippen LogP) is 4.90. The van der Waals surface area contributed by atoms with E-state index in [1.54, 1.807) is 41.1 Å². The molecule has 0 spiro atoms. The predicted molar refractivity (Wildman–Crippen MR) is 128 cm³/mol. The van der Waals surface area contributed by atoms with Gasteiger partial charge in [0, 0.05) is 4.47 Å². The second-order valence-corrected chi connectivity index (χ2v) is 8.20. The van der Waals surface area contributed by atoms with Crippen molar-refractivity contribution in [2.45, 2.75) is 6.61 Å². The van der Waals surface area contributed by atoms with Gasteiger partial charge in [0.2, 0.25) is 0 Å². The van der Waals surface area contributed by atoms with Crippen molar-refractivity contribution in [2.24, 2.45) is 0 Å². The van der Waals surface area contributed by atoms with Crippen LogP contribution < -0.4 is 5.56 Å². The second kappa shape index (κ2) is 8.84. The van der Waals surface area contributed by atoms with Gasteiger partial charge < -0.3 is 9.72 Å². The van der Waals surface area contributed by atoms with Crippen molar-refractivity contribution in [3.63, 3.8) is 0 Å². The Kier molecular flexibility index (Phi) is 5.58. The van der Waals surface area contributed by atoms with Crippen molar-refractivity contribution in [1.29, 1.82) is 0 Å². The fourth-order valence-corrected chi connectivity index (χ4v) is 3.71. The van der Waals surface area contributed by atoms with Crippen LogP contribution in [0.15, 0.2) is 94.2 Å². The van der Waals surface area contributed by atoms with Gasteiger partial charge in [-0.2, -0.15) is 5.10 Å². The van der Waals surface area contributed by atoms with E-state index in [1.165, 1.54) is 0 Å². The van der Waals surface area contributed by atoms with Gasteiger partial charge >= 0.3 is 5.97 Å². The van der Waals surface area contributed by atoms with Crippen LogP contribution in [0, 0.1) is 0 Å².